The topological polar surface area (TPSA) is 134 Å². The van der Waals surface area contributed by atoms with E-state index in [1.54, 1.807) is 55.7 Å². The SMILES string of the molecule is CCC(OC(=O)c1ccc2nc(-c3ccco3)c(-c3ccco3)nc2c1)C(=O)Nc1sc2c(c1C(=O)OC)CCC(C)C2. The van der Waals surface area contributed by atoms with Gasteiger partial charge in [0.25, 0.3) is 5.91 Å². The third-order valence-electron chi connectivity index (χ3n) is 7.46. The summed E-state index contributed by atoms with van der Waals surface area (Å²) in [5.74, 6) is -0.189. The molecule has 2 atom stereocenters. The van der Waals surface area contributed by atoms with E-state index in [4.69, 9.17) is 28.3 Å². The molecule has 0 aliphatic heterocycles. The number of methoxy groups -OCH3 is 1. The average molecular weight is 600 g/mol. The minimum atomic E-state index is -1.09. The first-order chi connectivity index (χ1) is 20.9. The summed E-state index contributed by atoms with van der Waals surface area (Å²) in [6.45, 7) is 3.91. The highest BCUT2D eigenvalue weighted by Crippen LogP contribution is 2.40. The van der Waals surface area contributed by atoms with Gasteiger partial charge in [0, 0.05) is 4.88 Å². The minimum absolute atomic E-state index is 0.208. The molecular formula is C32H29N3O7S. The van der Waals surface area contributed by atoms with Crippen LogP contribution in [0.4, 0.5) is 5.00 Å². The Balaban J connectivity index is 1.25. The van der Waals surface area contributed by atoms with E-state index in [1.165, 1.54) is 24.7 Å². The van der Waals surface area contributed by atoms with Gasteiger partial charge >= 0.3 is 11.9 Å². The van der Waals surface area contributed by atoms with E-state index < -0.39 is 23.9 Å². The van der Waals surface area contributed by atoms with Crippen LogP contribution < -0.4 is 5.32 Å². The molecule has 1 N–H and O–H groups in total. The number of benzene rings is 1. The van der Waals surface area contributed by atoms with Gasteiger partial charge in [0.2, 0.25) is 0 Å². The molecule has 4 heterocycles. The molecule has 1 aliphatic carbocycles. The van der Waals surface area contributed by atoms with E-state index in [9.17, 15) is 14.4 Å². The molecule has 220 valence electrons. The van der Waals surface area contributed by atoms with E-state index in [0.29, 0.717) is 50.4 Å². The van der Waals surface area contributed by atoms with Crippen molar-refractivity contribution in [1.82, 2.24) is 9.97 Å². The summed E-state index contributed by atoms with van der Waals surface area (Å²) in [5.41, 5.74) is 3.46. The number of thiophene rings is 1. The molecule has 0 saturated heterocycles. The van der Waals surface area contributed by atoms with Gasteiger partial charge in [-0.2, -0.15) is 0 Å². The Hall–Kier alpha value is -4.77. The highest BCUT2D eigenvalue weighted by Gasteiger charge is 2.31. The molecule has 5 aromatic rings. The molecule has 1 aliphatic rings. The molecule has 0 radical (unpaired) electrons. The fourth-order valence-corrected chi connectivity index (χ4v) is 6.62. The van der Waals surface area contributed by atoms with Crippen LogP contribution in [-0.4, -0.2) is 41.0 Å². The number of hydrogen-bond acceptors (Lipinski definition) is 10. The second-order valence-electron chi connectivity index (χ2n) is 10.4. The Bertz CT molecular complexity index is 1810. The van der Waals surface area contributed by atoms with Gasteiger partial charge in [-0.05, 0) is 79.6 Å². The monoisotopic (exact) mass is 599 g/mol. The summed E-state index contributed by atoms with van der Waals surface area (Å²) in [5, 5.41) is 3.26. The van der Waals surface area contributed by atoms with Crippen molar-refractivity contribution in [2.75, 3.05) is 12.4 Å². The third kappa shape index (κ3) is 5.55. The lowest BCUT2D eigenvalue weighted by atomic mass is 9.88. The second-order valence-corrected chi connectivity index (χ2v) is 11.5. The zero-order valence-corrected chi connectivity index (χ0v) is 24.7. The van der Waals surface area contributed by atoms with Gasteiger partial charge in [-0.3, -0.25) is 4.79 Å². The number of ether oxygens (including phenoxy) is 2. The van der Waals surface area contributed by atoms with Gasteiger partial charge < -0.3 is 23.6 Å². The highest BCUT2D eigenvalue weighted by molar-refractivity contribution is 7.17. The lowest BCUT2D eigenvalue weighted by Crippen LogP contribution is -2.32. The highest BCUT2D eigenvalue weighted by atomic mass is 32.1. The Morgan fingerprint density at radius 1 is 1.02 bits per heavy atom. The maximum atomic E-state index is 13.3. The summed E-state index contributed by atoms with van der Waals surface area (Å²) < 4.78 is 21.8. The fourth-order valence-electron chi connectivity index (χ4n) is 5.22. The molecule has 11 heteroatoms. The molecule has 4 aromatic heterocycles. The van der Waals surface area contributed by atoms with Gasteiger partial charge in [-0.1, -0.05) is 13.8 Å². The zero-order valence-electron chi connectivity index (χ0n) is 23.8. The number of aromatic nitrogens is 2. The molecule has 6 rings (SSSR count). The number of fused-ring (bicyclic) bond motifs is 2. The van der Waals surface area contributed by atoms with Crippen molar-refractivity contribution >= 4 is 45.2 Å². The van der Waals surface area contributed by atoms with Crippen molar-refractivity contribution in [1.29, 1.82) is 0 Å². The molecule has 1 amide bonds. The Kier molecular flexibility index (Phi) is 7.81. The average Bonchev–Trinajstić information content (AvgIpc) is 3.80. The van der Waals surface area contributed by atoms with Crippen LogP contribution in [0.3, 0.4) is 0 Å². The van der Waals surface area contributed by atoms with Gasteiger partial charge in [0.1, 0.15) is 16.4 Å². The van der Waals surface area contributed by atoms with Gasteiger partial charge in [-0.15, -0.1) is 11.3 Å². The Morgan fingerprint density at radius 2 is 1.72 bits per heavy atom. The summed E-state index contributed by atoms with van der Waals surface area (Å²) in [6.07, 6.45) is 4.77. The number of nitrogens with one attached hydrogen (secondary N) is 1. The Labute approximate surface area is 251 Å². The predicted molar refractivity (Wildman–Crippen MR) is 160 cm³/mol. The molecule has 0 fully saturated rings. The number of hydrogen-bond donors (Lipinski definition) is 1. The summed E-state index contributed by atoms with van der Waals surface area (Å²) in [6, 6.07) is 11.9. The largest absolute Gasteiger partial charge is 0.465 e. The lowest BCUT2D eigenvalue weighted by molar-refractivity contribution is -0.124. The van der Waals surface area contributed by atoms with Crippen LogP contribution in [0.25, 0.3) is 33.9 Å². The van der Waals surface area contributed by atoms with E-state index in [-0.39, 0.29) is 12.0 Å². The number of carbonyl (C=O) groups is 3. The van der Waals surface area contributed by atoms with Crippen LogP contribution in [0.1, 0.15) is 57.8 Å². The lowest BCUT2D eigenvalue weighted by Gasteiger charge is -2.18. The third-order valence-corrected chi connectivity index (χ3v) is 8.63. The van der Waals surface area contributed by atoms with Crippen molar-refractivity contribution < 1.29 is 32.7 Å². The van der Waals surface area contributed by atoms with Crippen LogP contribution >= 0.6 is 11.3 Å². The molecule has 0 spiro atoms. The summed E-state index contributed by atoms with van der Waals surface area (Å²) >= 11 is 1.38. The standard InChI is InChI=1S/C32H29N3O7S/c1-4-22(29(36)35-30-26(32(38)39-3)19-11-9-17(2)15-25(19)43-30)42-31(37)18-10-12-20-21(16-18)34-28(24-8-6-14-41-24)27(33-20)23-7-5-13-40-23/h5-8,10,12-14,16-17,22H,4,9,11,15H2,1-3H3,(H,35,36). The second kappa shape index (κ2) is 11.8. The molecule has 2 unspecified atom stereocenters. The normalized spacial score (nSPS) is 15.1. The number of esters is 2. The van der Waals surface area contributed by atoms with Crippen LogP contribution in [-0.2, 0) is 27.1 Å². The predicted octanol–water partition coefficient (Wildman–Crippen LogP) is 6.70. The quantitative estimate of drug-likeness (QED) is 0.193. The maximum Gasteiger partial charge on any atom is 0.341 e. The number of amides is 1. The first-order valence-electron chi connectivity index (χ1n) is 14.0. The summed E-state index contributed by atoms with van der Waals surface area (Å²) in [7, 11) is 1.32. The number of rotatable bonds is 8. The van der Waals surface area contributed by atoms with Crippen LogP contribution in [0, 0.1) is 5.92 Å². The number of carbonyl (C=O) groups excluding carboxylic acids is 3. The van der Waals surface area contributed by atoms with Crippen molar-refractivity contribution in [2.24, 2.45) is 5.92 Å². The molecule has 10 nitrogen and oxygen atoms in total. The minimum Gasteiger partial charge on any atom is -0.465 e. The number of anilines is 1. The van der Waals surface area contributed by atoms with Gasteiger partial charge in [0.15, 0.2) is 17.6 Å². The first-order valence-corrected chi connectivity index (χ1v) is 14.8. The van der Waals surface area contributed by atoms with Gasteiger partial charge in [-0.25, -0.2) is 19.6 Å². The number of nitrogens with zero attached hydrogens (tertiary/aromatic N) is 2. The van der Waals surface area contributed by atoms with E-state index >= 15 is 0 Å². The zero-order chi connectivity index (χ0) is 30.1. The van der Waals surface area contributed by atoms with E-state index in [1.807, 2.05) is 0 Å². The van der Waals surface area contributed by atoms with Crippen LogP contribution in [0.15, 0.2) is 63.8 Å². The smallest absolute Gasteiger partial charge is 0.341 e. The molecule has 1 aromatic carbocycles. The molecular weight excluding hydrogens is 570 g/mol. The van der Waals surface area contributed by atoms with Crippen LogP contribution in [0.2, 0.25) is 0 Å². The molecule has 0 bridgehead atoms. The first kappa shape index (κ1) is 28.4. The number of furan rings is 2. The summed E-state index contributed by atoms with van der Waals surface area (Å²) in [4.78, 5) is 49.7. The maximum absolute atomic E-state index is 13.3. The van der Waals surface area contributed by atoms with Crippen molar-refractivity contribution in [3.8, 4) is 22.9 Å². The van der Waals surface area contributed by atoms with Crippen molar-refractivity contribution in [3.05, 3.63) is 76.6 Å². The van der Waals surface area contributed by atoms with Gasteiger partial charge in [0.05, 0.1) is 41.8 Å². The fraction of sp³-hybridized carbons (Fsp3) is 0.281. The Morgan fingerprint density at radius 3 is 2.35 bits per heavy atom. The van der Waals surface area contributed by atoms with Crippen molar-refractivity contribution in [3.63, 3.8) is 0 Å². The van der Waals surface area contributed by atoms with Crippen molar-refractivity contribution in [2.45, 2.75) is 45.6 Å². The molecule has 43 heavy (non-hydrogen) atoms. The van der Waals surface area contributed by atoms with Crippen LogP contribution in [0.5, 0.6) is 0 Å². The molecule has 0 saturated carbocycles. The van der Waals surface area contributed by atoms with E-state index in [0.717, 1.165) is 29.7 Å². The van der Waals surface area contributed by atoms with E-state index in [2.05, 4.69) is 12.2 Å².